The number of hydrogen-bond donors (Lipinski definition) is 2. The number of nitrogens with one attached hydrogen (secondary N) is 1. The summed E-state index contributed by atoms with van der Waals surface area (Å²) in [6.45, 7) is 0. The summed E-state index contributed by atoms with van der Waals surface area (Å²) in [4.78, 5) is 16.2. The summed E-state index contributed by atoms with van der Waals surface area (Å²) in [6, 6.07) is 0. The fourth-order valence-corrected chi connectivity index (χ4v) is 4.25. The van der Waals surface area contributed by atoms with Crippen LogP contribution >= 0.6 is 34.8 Å². The Labute approximate surface area is 155 Å². The van der Waals surface area contributed by atoms with Crippen LogP contribution in [0.3, 0.4) is 0 Å². The van der Waals surface area contributed by atoms with Crippen LogP contribution < -0.4 is 11.2 Å². The summed E-state index contributed by atoms with van der Waals surface area (Å²) < 4.78 is 0. The number of nitrogens with zero attached hydrogens (tertiary/aromatic N) is 2. The number of anilines is 1. The first-order valence-electron chi connectivity index (χ1n) is 8.13. The molecule has 1 amide bonds. The topological polar surface area (TPSA) is 80.4 Å². The summed E-state index contributed by atoms with van der Waals surface area (Å²) in [6.07, 6.45) is 8.25. The molecule has 1 aromatic heterocycles. The van der Waals surface area contributed by atoms with Crippen LogP contribution in [0.5, 0.6) is 0 Å². The lowest BCUT2D eigenvalue weighted by molar-refractivity contribution is 0.0949. The van der Waals surface area contributed by atoms with E-state index in [1.807, 2.05) is 0 Å². The highest BCUT2D eigenvalue weighted by Crippen LogP contribution is 2.39. The van der Waals surface area contributed by atoms with Gasteiger partial charge in [-0.2, -0.15) is 5.10 Å². The van der Waals surface area contributed by atoms with Crippen molar-refractivity contribution in [1.82, 2.24) is 10.4 Å². The van der Waals surface area contributed by atoms with E-state index in [1.54, 1.807) is 0 Å². The standard InChI is InChI=1S/C16H19Cl3N4O/c17-11-13(20)12(18)15(19)21-14(11)16(24)23-22-10-6-5-8-3-1-2-4-9(8)7-10/h8-9H,1-7H2,(H2,20,21)(H,23,24)/b22-10+. The Hall–Kier alpha value is -1.04. The highest BCUT2D eigenvalue weighted by molar-refractivity contribution is 6.46. The van der Waals surface area contributed by atoms with E-state index in [-0.39, 0.29) is 26.6 Å². The number of carbonyl (C=O) groups is 1. The van der Waals surface area contributed by atoms with Gasteiger partial charge in [-0.3, -0.25) is 4.79 Å². The Morgan fingerprint density at radius 1 is 1.12 bits per heavy atom. The highest BCUT2D eigenvalue weighted by atomic mass is 35.5. The molecule has 0 radical (unpaired) electrons. The van der Waals surface area contributed by atoms with Gasteiger partial charge in [-0.15, -0.1) is 0 Å². The zero-order valence-electron chi connectivity index (χ0n) is 13.1. The molecule has 1 aromatic rings. The third-order valence-electron chi connectivity index (χ3n) is 4.97. The van der Waals surface area contributed by atoms with E-state index >= 15 is 0 Å². The molecule has 24 heavy (non-hydrogen) atoms. The predicted octanol–water partition coefficient (Wildman–Crippen LogP) is 4.70. The van der Waals surface area contributed by atoms with Crippen molar-refractivity contribution in [3.05, 3.63) is 20.9 Å². The van der Waals surface area contributed by atoms with Gasteiger partial charge in [0, 0.05) is 5.71 Å². The average molecular weight is 390 g/mol. The first-order chi connectivity index (χ1) is 11.5. The minimum Gasteiger partial charge on any atom is -0.396 e. The van der Waals surface area contributed by atoms with Crippen LogP contribution in [0.1, 0.15) is 55.4 Å². The van der Waals surface area contributed by atoms with Gasteiger partial charge in [-0.25, -0.2) is 10.4 Å². The largest absolute Gasteiger partial charge is 0.396 e. The maximum atomic E-state index is 12.3. The average Bonchev–Trinajstić information content (AvgIpc) is 2.60. The van der Waals surface area contributed by atoms with E-state index in [9.17, 15) is 4.79 Å². The molecule has 5 nitrogen and oxygen atoms in total. The van der Waals surface area contributed by atoms with E-state index < -0.39 is 5.91 Å². The molecule has 0 aliphatic heterocycles. The minimum absolute atomic E-state index is 0.0157. The van der Waals surface area contributed by atoms with E-state index in [4.69, 9.17) is 40.5 Å². The second kappa shape index (κ2) is 7.46. The van der Waals surface area contributed by atoms with Gasteiger partial charge in [0.25, 0.3) is 5.91 Å². The first-order valence-corrected chi connectivity index (χ1v) is 9.26. The molecule has 3 rings (SSSR count). The number of nitrogen functional groups attached to an aromatic ring is 1. The van der Waals surface area contributed by atoms with E-state index in [0.717, 1.165) is 30.9 Å². The zero-order valence-corrected chi connectivity index (χ0v) is 15.4. The van der Waals surface area contributed by atoms with Crippen LogP contribution in [0.15, 0.2) is 5.10 Å². The van der Waals surface area contributed by atoms with Crippen molar-refractivity contribution in [2.75, 3.05) is 5.73 Å². The van der Waals surface area contributed by atoms with Crippen LogP contribution in [0.25, 0.3) is 0 Å². The summed E-state index contributed by atoms with van der Waals surface area (Å²) in [5.74, 6) is 0.980. The van der Waals surface area contributed by atoms with Crippen molar-refractivity contribution in [2.24, 2.45) is 16.9 Å². The van der Waals surface area contributed by atoms with Gasteiger partial charge >= 0.3 is 0 Å². The molecule has 2 fully saturated rings. The van der Waals surface area contributed by atoms with Gasteiger partial charge < -0.3 is 5.73 Å². The highest BCUT2D eigenvalue weighted by Gasteiger charge is 2.30. The number of pyridine rings is 1. The molecule has 0 aromatic carbocycles. The summed E-state index contributed by atoms with van der Waals surface area (Å²) in [7, 11) is 0. The zero-order chi connectivity index (χ0) is 17.3. The van der Waals surface area contributed by atoms with Crippen molar-refractivity contribution in [3.63, 3.8) is 0 Å². The van der Waals surface area contributed by atoms with Crippen LogP contribution in [0, 0.1) is 11.8 Å². The number of hydrazone groups is 1. The Morgan fingerprint density at radius 3 is 2.58 bits per heavy atom. The first kappa shape index (κ1) is 17.8. The SMILES string of the molecule is Nc1c(Cl)c(Cl)nc(C(=O)N/N=C2\CCC3CCCCC3C2)c1Cl. The Morgan fingerprint density at radius 2 is 1.83 bits per heavy atom. The number of amides is 1. The molecule has 0 bridgehead atoms. The fourth-order valence-electron chi connectivity index (χ4n) is 3.66. The molecule has 2 saturated carbocycles. The molecular formula is C16H19Cl3N4O. The van der Waals surface area contributed by atoms with Crippen LogP contribution in [-0.2, 0) is 0 Å². The molecule has 8 heteroatoms. The normalized spacial score (nSPS) is 25.4. The Bertz CT molecular complexity index is 692. The maximum absolute atomic E-state index is 12.3. The second-order valence-corrected chi connectivity index (χ2v) is 7.57. The number of rotatable bonds is 2. The van der Waals surface area contributed by atoms with Crippen LogP contribution in [0.2, 0.25) is 15.2 Å². The molecule has 0 saturated heterocycles. The summed E-state index contributed by atoms with van der Waals surface area (Å²) in [5, 5.41) is 4.24. The number of nitrogens with two attached hydrogens (primary N) is 1. The van der Waals surface area contributed by atoms with Crippen molar-refractivity contribution >= 4 is 52.1 Å². The number of halogens is 3. The lowest BCUT2D eigenvalue weighted by Crippen LogP contribution is -2.30. The third-order valence-corrected chi connectivity index (χ3v) is 6.11. The molecule has 3 N–H and O–H groups in total. The van der Waals surface area contributed by atoms with Crippen molar-refractivity contribution in [3.8, 4) is 0 Å². The minimum atomic E-state index is -0.538. The number of aromatic nitrogens is 1. The lowest BCUT2D eigenvalue weighted by atomic mass is 9.70. The van der Waals surface area contributed by atoms with Crippen LogP contribution in [-0.4, -0.2) is 16.6 Å². The van der Waals surface area contributed by atoms with Crippen molar-refractivity contribution < 1.29 is 4.79 Å². The molecular weight excluding hydrogens is 371 g/mol. The number of carbonyl (C=O) groups excluding carboxylic acids is 1. The van der Waals surface area contributed by atoms with E-state index in [0.29, 0.717) is 5.92 Å². The quantitative estimate of drug-likeness (QED) is 0.568. The Kier molecular flexibility index (Phi) is 5.52. The molecule has 2 aliphatic rings. The lowest BCUT2D eigenvalue weighted by Gasteiger charge is -2.35. The summed E-state index contributed by atoms with van der Waals surface area (Å²) in [5.41, 5.74) is 9.25. The predicted molar refractivity (Wildman–Crippen MR) is 97.9 cm³/mol. The molecule has 0 spiro atoms. The molecule has 2 atom stereocenters. The number of hydrogen-bond acceptors (Lipinski definition) is 4. The second-order valence-electron chi connectivity index (χ2n) is 6.46. The van der Waals surface area contributed by atoms with Gasteiger partial charge in [-0.05, 0) is 37.5 Å². The van der Waals surface area contributed by atoms with E-state index in [2.05, 4.69) is 15.5 Å². The van der Waals surface area contributed by atoms with Gasteiger partial charge in [0.05, 0.1) is 10.7 Å². The van der Waals surface area contributed by atoms with Gasteiger partial charge in [-0.1, -0.05) is 54.1 Å². The van der Waals surface area contributed by atoms with Gasteiger partial charge in [0.2, 0.25) is 0 Å². The molecule has 2 aliphatic carbocycles. The van der Waals surface area contributed by atoms with Crippen molar-refractivity contribution in [2.45, 2.75) is 44.9 Å². The van der Waals surface area contributed by atoms with Gasteiger partial charge in [0.1, 0.15) is 5.02 Å². The fraction of sp³-hybridized carbons (Fsp3) is 0.562. The molecule has 1 heterocycles. The monoisotopic (exact) mass is 388 g/mol. The third kappa shape index (κ3) is 3.63. The van der Waals surface area contributed by atoms with E-state index in [1.165, 1.54) is 25.7 Å². The Balaban J connectivity index is 1.69. The smallest absolute Gasteiger partial charge is 0.291 e. The van der Waals surface area contributed by atoms with Gasteiger partial charge in [0.15, 0.2) is 10.8 Å². The summed E-state index contributed by atoms with van der Waals surface area (Å²) >= 11 is 17.8. The number of fused-ring (bicyclic) bond motifs is 1. The molecule has 2 unspecified atom stereocenters. The maximum Gasteiger partial charge on any atom is 0.291 e. The van der Waals surface area contributed by atoms with Crippen LogP contribution in [0.4, 0.5) is 5.69 Å². The molecule has 130 valence electrons. The van der Waals surface area contributed by atoms with Crippen molar-refractivity contribution in [1.29, 1.82) is 0 Å².